The highest BCUT2D eigenvalue weighted by Gasteiger charge is 2.45. The van der Waals surface area contributed by atoms with E-state index < -0.39 is 11.4 Å². The number of aromatic nitrogens is 2. The zero-order chi connectivity index (χ0) is 13.2. The molecule has 0 radical (unpaired) electrons. The van der Waals surface area contributed by atoms with Gasteiger partial charge in [-0.3, -0.25) is 4.79 Å². The first-order valence-corrected chi connectivity index (χ1v) is 7.16. The molecule has 0 aliphatic heterocycles. The van der Waals surface area contributed by atoms with Crippen LogP contribution in [0.1, 0.15) is 45.4 Å². The third-order valence-electron chi connectivity index (χ3n) is 3.69. The smallest absolute Gasteiger partial charge is 0.311 e. The summed E-state index contributed by atoms with van der Waals surface area (Å²) >= 11 is 1.32. The van der Waals surface area contributed by atoms with Crippen LogP contribution in [0.3, 0.4) is 0 Å². The topological polar surface area (TPSA) is 75.1 Å². The summed E-state index contributed by atoms with van der Waals surface area (Å²) in [7, 11) is 0. The Hall–Kier alpha value is -1.17. The van der Waals surface area contributed by atoms with E-state index >= 15 is 0 Å². The first-order valence-electron chi connectivity index (χ1n) is 6.39. The van der Waals surface area contributed by atoms with Crippen LogP contribution < -0.4 is 5.32 Å². The van der Waals surface area contributed by atoms with Gasteiger partial charge in [0, 0.05) is 24.0 Å². The number of anilines is 1. The molecule has 1 aliphatic carbocycles. The number of nitrogens with one attached hydrogen (secondary N) is 1. The van der Waals surface area contributed by atoms with Gasteiger partial charge in [0.05, 0.1) is 5.41 Å². The lowest BCUT2D eigenvalue weighted by Gasteiger charge is -2.27. The molecule has 5 nitrogen and oxygen atoms in total. The molecule has 1 heterocycles. The van der Waals surface area contributed by atoms with Crippen LogP contribution in [0.4, 0.5) is 5.13 Å². The minimum atomic E-state index is -0.726. The van der Waals surface area contributed by atoms with Crippen molar-refractivity contribution in [1.82, 2.24) is 9.36 Å². The van der Waals surface area contributed by atoms with Gasteiger partial charge in [0.2, 0.25) is 5.13 Å². The summed E-state index contributed by atoms with van der Waals surface area (Å²) in [6, 6.07) is -0.0440. The number of aryl methyl sites for hydroxylation is 1. The third kappa shape index (κ3) is 2.48. The molecule has 6 heteroatoms. The number of carboxylic acid groups (broad SMARTS) is 1. The zero-order valence-electron chi connectivity index (χ0n) is 10.8. The summed E-state index contributed by atoms with van der Waals surface area (Å²) in [6.45, 7) is 3.90. The summed E-state index contributed by atoms with van der Waals surface area (Å²) in [5.74, 6) is 0.121. The van der Waals surface area contributed by atoms with E-state index in [4.69, 9.17) is 0 Å². The molecule has 1 aromatic rings. The molecule has 100 valence electrons. The summed E-state index contributed by atoms with van der Waals surface area (Å²) in [5, 5.41) is 13.3. The monoisotopic (exact) mass is 269 g/mol. The summed E-state index contributed by atoms with van der Waals surface area (Å²) in [5.41, 5.74) is -0.684. The molecule has 0 bridgehead atoms. The van der Waals surface area contributed by atoms with E-state index in [-0.39, 0.29) is 6.04 Å². The van der Waals surface area contributed by atoms with Crippen LogP contribution in [0.5, 0.6) is 0 Å². The van der Waals surface area contributed by atoms with Crippen LogP contribution in [-0.4, -0.2) is 26.5 Å². The van der Waals surface area contributed by atoms with Crippen molar-refractivity contribution in [2.45, 2.75) is 52.0 Å². The highest BCUT2D eigenvalue weighted by molar-refractivity contribution is 7.09. The van der Waals surface area contributed by atoms with Crippen molar-refractivity contribution in [1.29, 1.82) is 0 Å². The number of carboxylic acids is 1. The third-order valence-corrected chi connectivity index (χ3v) is 4.37. The Kier molecular flexibility index (Phi) is 3.85. The molecule has 0 saturated heterocycles. The molecule has 1 saturated carbocycles. The summed E-state index contributed by atoms with van der Waals surface area (Å²) in [6.07, 6.45) is 4.44. The van der Waals surface area contributed by atoms with Gasteiger partial charge in [-0.15, -0.1) is 0 Å². The first kappa shape index (κ1) is 13.3. The van der Waals surface area contributed by atoms with E-state index in [0.717, 1.165) is 43.1 Å². The minimum absolute atomic E-state index is 0.0440. The molecule has 18 heavy (non-hydrogen) atoms. The van der Waals surface area contributed by atoms with Crippen LogP contribution in [0.25, 0.3) is 0 Å². The van der Waals surface area contributed by atoms with E-state index in [1.165, 1.54) is 11.5 Å². The molecule has 2 unspecified atom stereocenters. The van der Waals surface area contributed by atoms with E-state index in [0.29, 0.717) is 0 Å². The fourth-order valence-corrected chi connectivity index (χ4v) is 3.11. The molecule has 1 fully saturated rings. The number of hydrogen-bond acceptors (Lipinski definition) is 5. The summed E-state index contributed by atoms with van der Waals surface area (Å²) in [4.78, 5) is 15.8. The fraction of sp³-hybridized carbons (Fsp3) is 0.750. The maximum Gasteiger partial charge on any atom is 0.311 e. The molecule has 2 rings (SSSR count). The second kappa shape index (κ2) is 5.22. The molecular formula is C12H19N3O2S. The van der Waals surface area contributed by atoms with Crippen molar-refractivity contribution in [2.24, 2.45) is 5.41 Å². The van der Waals surface area contributed by atoms with Crippen LogP contribution in [-0.2, 0) is 11.2 Å². The van der Waals surface area contributed by atoms with Crippen molar-refractivity contribution >= 4 is 22.6 Å². The van der Waals surface area contributed by atoms with Gasteiger partial charge in [-0.2, -0.15) is 4.37 Å². The van der Waals surface area contributed by atoms with E-state index in [1.807, 2.05) is 6.92 Å². The Bertz CT molecular complexity index is 435. The molecule has 2 atom stereocenters. The second-order valence-electron chi connectivity index (χ2n) is 5.08. The van der Waals surface area contributed by atoms with Crippen molar-refractivity contribution < 1.29 is 9.90 Å². The molecule has 0 spiro atoms. The van der Waals surface area contributed by atoms with Crippen LogP contribution >= 0.6 is 11.5 Å². The Morgan fingerprint density at radius 2 is 2.44 bits per heavy atom. The van der Waals surface area contributed by atoms with Gasteiger partial charge in [0.1, 0.15) is 5.82 Å². The van der Waals surface area contributed by atoms with E-state index in [2.05, 4.69) is 21.6 Å². The highest BCUT2D eigenvalue weighted by atomic mass is 32.1. The zero-order valence-corrected chi connectivity index (χ0v) is 11.6. The average Bonchev–Trinajstić information content (AvgIpc) is 2.89. The molecule has 0 aromatic carbocycles. The Labute approximate surface area is 111 Å². The van der Waals surface area contributed by atoms with Crippen molar-refractivity contribution in [3.05, 3.63) is 5.82 Å². The quantitative estimate of drug-likeness (QED) is 0.859. The van der Waals surface area contributed by atoms with Gasteiger partial charge < -0.3 is 10.4 Å². The van der Waals surface area contributed by atoms with Gasteiger partial charge in [-0.25, -0.2) is 4.98 Å². The number of hydrogen-bond donors (Lipinski definition) is 2. The molecule has 0 amide bonds. The fourth-order valence-electron chi connectivity index (χ4n) is 2.44. The number of nitrogens with zero attached hydrogens (tertiary/aromatic N) is 2. The Balaban J connectivity index is 2.06. The molecular weight excluding hydrogens is 250 g/mol. The van der Waals surface area contributed by atoms with Gasteiger partial charge in [0.25, 0.3) is 0 Å². The maximum atomic E-state index is 11.4. The van der Waals surface area contributed by atoms with Crippen LogP contribution in [0, 0.1) is 5.41 Å². The Morgan fingerprint density at radius 3 is 3.11 bits per heavy atom. The van der Waals surface area contributed by atoms with Gasteiger partial charge in [-0.1, -0.05) is 13.3 Å². The molecule has 2 N–H and O–H groups in total. The lowest BCUT2D eigenvalue weighted by molar-refractivity contribution is -0.147. The van der Waals surface area contributed by atoms with E-state index in [9.17, 15) is 9.90 Å². The van der Waals surface area contributed by atoms with Crippen molar-refractivity contribution in [3.8, 4) is 0 Å². The predicted octanol–water partition coefficient (Wildman–Crippen LogP) is 2.55. The standard InChI is InChI=1S/C12H19N3O2S/c1-3-5-9-14-11(18-15-9)13-8-6-4-7-12(8,2)10(16)17/h8H,3-7H2,1-2H3,(H,16,17)(H,13,14,15). The molecule has 1 aromatic heterocycles. The Morgan fingerprint density at radius 1 is 1.67 bits per heavy atom. The average molecular weight is 269 g/mol. The van der Waals surface area contributed by atoms with Gasteiger partial charge >= 0.3 is 5.97 Å². The largest absolute Gasteiger partial charge is 0.481 e. The van der Waals surface area contributed by atoms with Crippen molar-refractivity contribution in [3.63, 3.8) is 0 Å². The minimum Gasteiger partial charge on any atom is -0.481 e. The predicted molar refractivity (Wildman–Crippen MR) is 70.9 cm³/mol. The SMILES string of the molecule is CCCc1nsc(NC2CCCC2(C)C(=O)O)n1. The second-order valence-corrected chi connectivity index (χ2v) is 5.83. The van der Waals surface area contributed by atoms with Gasteiger partial charge in [-0.05, 0) is 26.2 Å². The number of rotatable bonds is 5. The summed E-state index contributed by atoms with van der Waals surface area (Å²) < 4.78 is 4.26. The number of aliphatic carboxylic acids is 1. The lowest BCUT2D eigenvalue weighted by Crippen LogP contribution is -2.40. The lowest BCUT2D eigenvalue weighted by atomic mass is 9.85. The van der Waals surface area contributed by atoms with Crippen molar-refractivity contribution in [2.75, 3.05) is 5.32 Å². The van der Waals surface area contributed by atoms with Gasteiger partial charge in [0.15, 0.2) is 0 Å². The van der Waals surface area contributed by atoms with E-state index in [1.54, 1.807) is 0 Å². The maximum absolute atomic E-state index is 11.4. The highest BCUT2D eigenvalue weighted by Crippen LogP contribution is 2.40. The van der Waals surface area contributed by atoms with Crippen LogP contribution in [0.2, 0.25) is 0 Å². The normalized spacial score (nSPS) is 27.3. The number of carbonyl (C=O) groups is 1. The van der Waals surface area contributed by atoms with Crippen LogP contribution in [0.15, 0.2) is 0 Å². The first-order chi connectivity index (χ1) is 8.56. The molecule has 1 aliphatic rings.